The van der Waals surface area contributed by atoms with Gasteiger partial charge in [0.1, 0.15) is 0 Å². The van der Waals surface area contributed by atoms with Crippen molar-refractivity contribution in [2.24, 2.45) is 10.9 Å². The second-order valence-electron chi connectivity index (χ2n) is 6.75. The third-order valence-corrected chi connectivity index (χ3v) is 4.70. The molecular weight excluding hydrogens is 439 g/mol. The molecule has 0 aromatic heterocycles. The van der Waals surface area contributed by atoms with Crippen LogP contribution >= 0.6 is 24.0 Å². The molecule has 3 N–H and O–H groups in total. The first-order chi connectivity index (χ1) is 12.2. The first kappa shape index (κ1) is 22.7. The second kappa shape index (κ2) is 12.9. The summed E-state index contributed by atoms with van der Waals surface area (Å²) in [5.74, 6) is 1.56. The minimum atomic E-state index is 0. The van der Waals surface area contributed by atoms with E-state index in [2.05, 4.69) is 40.0 Å². The maximum atomic E-state index is 11.9. The molecule has 1 aromatic carbocycles. The van der Waals surface area contributed by atoms with E-state index in [0.29, 0.717) is 32.0 Å². The van der Waals surface area contributed by atoms with Crippen molar-refractivity contribution in [2.75, 3.05) is 19.6 Å². The van der Waals surface area contributed by atoms with Crippen LogP contribution in [0.15, 0.2) is 29.3 Å². The number of aryl methyl sites for hydroxylation is 1. The number of rotatable bonds is 8. The highest BCUT2D eigenvalue weighted by Gasteiger charge is 2.17. The maximum absolute atomic E-state index is 11.9. The third kappa shape index (κ3) is 8.38. The zero-order chi connectivity index (χ0) is 17.9. The van der Waals surface area contributed by atoms with Gasteiger partial charge in [-0.1, -0.05) is 37.1 Å². The zero-order valence-corrected chi connectivity index (χ0v) is 18.3. The number of carbonyl (C=O) groups is 1. The van der Waals surface area contributed by atoms with Crippen molar-refractivity contribution in [1.82, 2.24) is 16.0 Å². The summed E-state index contributed by atoms with van der Waals surface area (Å²) in [5, 5.41) is 9.53. The Kier molecular flexibility index (Phi) is 11.3. The lowest BCUT2D eigenvalue weighted by Crippen LogP contribution is -2.41. The molecule has 2 rings (SSSR count). The molecule has 1 aliphatic rings. The lowest BCUT2D eigenvalue weighted by atomic mass is 10.0. The molecule has 1 aliphatic carbocycles. The topological polar surface area (TPSA) is 65.5 Å². The second-order valence-corrected chi connectivity index (χ2v) is 6.75. The number of amides is 1. The van der Waals surface area contributed by atoms with Crippen LogP contribution in [0.2, 0.25) is 0 Å². The average Bonchev–Trinajstić information content (AvgIpc) is 3.10. The monoisotopic (exact) mass is 472 g/mol. The molecule has 5 nitrogen and oxygen atoms in total. The lowest BCUT2D eigenvalue weighted by molar-refractivity contribution is -0.121. The van der Waals surface area contributed by atoms with E-state index in [4.69, 9.17) is 0 Å². The Morgan fingerprint density at radius 2 is 1.81 bits per heavy atom. The van der Waals surface area contributed by atoms with Crippen molar-refractivity contribution in [1.29, 1.82) is 0 Å². The Balaban J connectivity index is 0.00000338. The molecule has 0 atom stereocenters. The van der Waals surface area contributed by atoms with Crippen molar-refractivity contribution in [3.8, 4) is 0 Å². The molecule has 0 aliphatic heterocycles. The molecule has 0 saturated heterocycles. The number of halogens is 1. The van der Waals surface area contributed by atoms with Crippen LogP contribution in [0.25, 0.3) is 0 Å². The molecule has 6 heteroatoms. The predicted octanol–water partition coefficient (Wildman–Crippen LogP) is 3.36. The number of guanidine groups is 1. The van der Waals surface area contributed by atoms with Gasteiger partial charge in [0.2, 0.25) is 5.91 Å². The minimum Gasteiger partial charge on any atom is -0.357 e. The quantitative estimate of drug-likeness (QED) is 0.235. The van der Waals surface area contributed by atoms with E-state index in [1.54, 1.807) is 0 Å². The number of hydrogen-bond acceptors (Lipinski definition) is 2. The minimum absolute atomic E-state index is 0. The SMILES string of the molecule is CCNC(=NCc1ccccc1C)NCCNC(=O)CC1CCCC1.I. The first-order valence-electron chi connectivity index (χ1n) is 9.52. The highest BCUT2D eigenvalue weighted by molar-refractivity contribution is 14.0. The molecule has 0 heterocycles. The molecule has 1 aromatic rings. The fourth-order valence-electron chi connectivity index (χ4n) is 3.23. The summed E-state index contributed by atoms with van der Waals surface area (Å²) in [4.78, 5) is 16.6. The molecule has 1 saturated carbocycles. The van der Waals surface area contributed by atoms with E-state index >= 15 is 0 Å². The Morgan fingerprint density at radius 3 is 2.50 bits per heavy atom. The molecule has 26 heavy (non-hydrogen) atoms. The van der Waals surface area contributed by atoms with Gasteiger partial charge in [-0.05, 0) is 43.7 Å². The normalized spacial score (nSPS) is 14.6. The van der Waals surface area contributed by atoms with Gasteiger partial charge < -0.3 is 16.0 Å². The molecule has 146 valence electrons. The highest BCUT2D eigenvalue weighted by atomic mass is 127. The third-order valence-electron chi connectivity index (χ3n) is 4.70. The number of hydrogen-bond donors (Lipinski definition) is 3. The van der Waals surface area contributed by atoms with Gasteiger partial charge in [0.25, 0.3) is 0 Å². The molecule has 0 unspecified atom stereocenters. The van der Waals surface area contributed by atoms with E-state index in [1.165, 1.54) is 36.8 Å². The van der Waals surface area contributed by atoms with Gasteiger partial charge in [-0.15, -0.1) is 24.0 Å². The predicted molar refractivity (Wildman–Crippen MR) is 119 cm³/mol. The van der Waals surface area contributed by atoms with Crippen molar-refractivity contribution in [2.45, 2.75) is 52.5 Å². The molecule has 0 bridgehead atoms. The van der Waals surface area contributed by atoms with Crippen LogP contribution in [0, 0.1) is 12.8 Å². The summed E-state index contributed by atoms with van der Waals surface area (Å²) in [7, 11) is 0. The number of benzene rings is 1. The standard InChI is InChI=1S/C20H32N4O.HI/c1-3-21-20(24-15-18-11-7-4-8-16(18)2)23-13-12-22-19(25)14-17-9-5-6-10-17;/h4,7-8,11,17H,3,5-6,9-10,12-15H2,1-2H3,(H,22,25)(H2,21,23,24);1H. The van der Waals surface area contributed by atoms with Gasteiger partial charge in [-0.3, -0.25) is 4.79 Å². The first-order valence-corrected chi connectivity index (χ1v) is 9.52. The average molecular weight is 472 g/mol. The summed E-state index contributed by atoms with van der Waals surface area (Å²) in [6.45, 7) is 6.92. The van der Waals surface area contributed by atoms with Crippen molar-refractivity contribution in [3.05, 3.63) is 35.4 Å². The van der Waals surface area contributed by atoms with Gasteiger partial charge in [-0.25, -0.2) is 4.99 Å². The lowest BCUT2D eigenvalue weighted by Gasteiger charge is -2.13. The fraction of sp³-hybridized carbons (Fsp3) is 0.600. The van der Waals surface area contributed by atoms with Crippen molar-refractivity contribution < 1.29 is 4.79 Å². The van der Waals surface area contributed by atoms with Gasteiger partial charge in [-0.2, -0.15) is 0 Å². The Morgan fingerprint density at radius 1 is 1.12 bits per heavy atom. The van der Waals surface area contributed by atoms with Gasteiger partial charge in [0, 0.05) is 26.1 Å². The molecule has 1 fully saturated rings. The van der Waals surface area contributed by atoms with Gasteiger partial charge >= 0.3 is 0 Å². The maximum Gasteiger partial charge on any atom is 0.220 e. The summed E-state index contributed by atoms with van der Waals surface area (Å²) < 4.78 is 0. The van der Waals surface area contributed by atoms with E-state index < -0.39 is 0 Å². The number of carbonyl (C=O) groups excluding carboxylic acids is 1. The Hall–Kier alpha value is -1.31. The zero-order valence-electron chi connectivity index (χ0n) is 16.0. The van der Waals surface area contributed by atoms with Crippen LogP contribution in [-0.4, -0.2) is 31.5 Å². The highest BCUT2D eigenvalue weighted by Crippen LogP contribution is 2.27. The molecule has 0 radical (unpaired) electrons. The van der Waals surface area contributed by atoms with Crippen LogP contribution < -0.4 is 16.0 Å². The van der Waals surface area contributed by atoms with Gasteiger partial charge in [0.15, 0.2) is 5.96 Å². The largest absolute Gasteiger partial charge is 0.357 e. The van der Waals surface area contributed by atoms with Crippen LogP contribution in [0.3, 0.4) is 0 Å². The summed E-state index contributed by atoms with van der Waals surface area (Å²) in [6.07, 6.45) is 5.66. The van der Waals surface area contributed by atoms with E-state index in [0.717, 1.165) is 12.5 Å². The Bertz CT molecular complexity index is 571. The van der Waals surface area contributed by atoms with Crippen molar-refractivity contribution in [3.63, 3.8) is 0 Å². The summed E-state index contributed by atoms with van der Waals surface area (Å²) in [5.41, 5.74) is 2.48. The molecular formula is C20H33IN4O. The number of aliphatic imine (C=N–C) groups is 1. The molecule has 0 spiro atoms. The molecule has 1 amide bonds. The fourth-order valence-corrected chi connectivity index (χ4v) is 3.23. The van der Waals surface area contributed by atoms with Crippen LogP contribution in [0.5, 0.6) is 0 Å². The van der Waals surface area contributed by atoms with Crippen LogP contribution in [0.1, 0.15) is 50.2 Å². The summed E-state index contributed by atoms with van der Waals surface area (Å²) >= 11 is 0. The van der Waals surface area contributed by atoms with Crippen LogP contribution in [-0.2, 0) is 11.3 Å². The van der Waals surface area contributed by atoms with E-state index in [-0.39, 0.29) is 29.9 Å². The number of nitrogens with one attached hydrogen (secondary N) is 3. The Labute approximate surface area is 174 Å². The van der Waals surface area contributed by atoms with Crippen LogP contribution in [0.4, 0.5) is 0 Å². The summed E-state index contributed by atoms with van der Waals surface area (Å²) in [6, 6.07) is 8.29. The smallest absolute Gasteiger partial charge is 0.220 e. The van der Waals surface area contributed by atoms with E-state index in [9.17, 15) is 4.79 Å². The van der Waals surface area contributed by atoms with E-state index in [1.807, 2.05) is 19.1 Å². The number of nitrogens with zero attached hydrogens (tertiary/aromatic N) is 1. The van der Waals surface area contributed by atoms with Gasteiger partial charge in [0.05, 0.1) is 6.54 Å². The van der Waals surface area contributed by atoms with Crippen molar-refractivity contribution >= 4 is 35.8 Å².